The number of hydrogen-bond acceptors (Lipinski definition) is 4. The number of thioether (sulfide) groups is 1. The van der Waals surface area contributed by atoms with Crippen LogP contribution in [0.2, 0.25) is 0 Å². The first kappa shape index (κ1) is 17.4. The highest BCUT2D eigenvalue weighted by Gasteiger charge is 2.13. The number of carbonyl (C=O) groups is 1. The second-order valence-corrected chi connectivity index (χ2v) is 6.43. The number of aliphatic hydroxyl groups excluding tert-OH is 1. The van der Waals surface area contributed by atoms with E-state index in [9.17, 15) is 14.3 Å². The van der Waals surface area contributed by atoms with Crippen LogP contribution in [0.15, 0.2) is 66.0 Å². The average molecular weight is 356 g/mol. The van der Waals surface area contributed by atoms with E-state index < -0.39 is 0 Å². The van der Waals surface area contributed by atoms with Crippen molar-refractivity contribution in [1.29, 1.82) is 0 Å². The summed E-state index contributed by atoms with van der Waals surface area (Å²) in [7, 11) is 0. The Hall–Kier alpha value is -2.44. The number of benzene rings is 2. The van der Waals surface area contributed by atoms with Gasteiger partial charge in [0.25, 0.3) is 0 Å². The van der Waals surface area contributed by atoms with E-state index in [-0.39, 0.29) is 24.0 Å². The fraction of sp³-hybridized carbons (Fsp3) is 0.158. The quantitative estimate of drug-likeness (QED) is 0.520. The summed E-state index contributed by atoms with van der Waals surface area (Å²) in [5.41, 5.74) is 2.04. The minimum Gasteiger partial charge on any atom is -0.390 e. The lowest BCUT2D eigenvalue weighted by Crippen LogP contribution is -2.08. The third-order valence-corrected chi connectivity index (χ3v) is 4.71. The molecule has 0 aliphatic rings. The number of hydrogen-bond donors (Lipinski definition) is 1. The van der Waals surface area contributed by atoms with Gasteiger partial charge in [0.1, 0.15) is 5.82 Å². The van der Waals surface area contributed by atoms with Gasteiger partial charge < -0.3 is 9.67 Å². The van der Waals surface area contributed by atoms with Crippen LogP contribution in [-0.2, 0) is 13.2 Å². The van der Waals surface area contributed by atoms with Crippen molar-refractivity contribution >= 4 is 17.5 Å². The van der Waals surface area contributed by atoms with Crippen molar-refractivity contribution in [3.63, 3.8) is 0 Å². The third-order valence-electron chi connectivity index (χ3n) is 3.72. The van der Waals surface area contributed by atoms with Gasteiger partial charge in [-0.1, -0.05) is 54.2 Å². The van der Waals surface area contributed by atoms with Gasteiger partial charge in [-0.25, -0.2) is 9.37 Å². The molecule has 0 radical (unpaired) electrons. The molecule has 6 heteroatoms. The highest BCUT2D eigenvalue weighted by molar-refractivity contribution is 7.99. The van der Waals surface area contributed by atoms with E-state index in [0.717, 1.165) is 5.56 Å². The SMILES string of the molecule is O=C(CSc1ncc(CO)n1Cc1cccc(F)c1)c1ccccc1. The molecule has 3 aromatic rings. The molecule has 0 atom stereocenters. The van der Waals surface area contributed by atoms with E-state index >= 15 is 0 Å². The van der Waals surface area contributed by atoms with Crippen LogP contribution in [0.5, 0.6) is 0 Å². The van der Waals surface area contributed by atoms with Gasteiger partial charge in [-0.05, 0) is 17.7 Å². The first-order chi connectivity index (χ1) is 12.2. The van der Waals surface area contributed by atoms with Gasteiger partial charge in [-0.3, -0.25) is 4.79 Å². The molecule has 0 aliphatic carbocycles. The Morgan fingerprint density at radius 1 is 1.16 bits per heavy atom. The highest BCUT2D eigenvalue weighted by atomic mass is 32.2. The summed E-state index contributed by atoms with van der Waals surface area (Å²) < 4.78 is 15.2. The maximum atomic E-state index is 13.4. The second kappa shape index (κ2) is 8.09. The van der Waals surface area contributed by atoms with Crippen molar-refractivity contribution in [2.24, 2.45) is 0 Å². The number of rotatable bonds is 7. The zero-order valence-electron chi connectivity index (χ0n) is 13.4. The summed E-state index contributed by atoms with van der Waals surface area (Å²) in [6.07, 6.45) is 1.58. The number of aromatic nitrogens is 2. The molecule has 0 amide bonds. The molecule has 0 saturated carbocycles. The van der Waals surface area contributed by atoms with E-state index in [2.05, 4.69) is 4.98 Å². The Bertz CT molecular complexity index is 865. The minimum absolute atomic E-state index is 0.0106. The van der Waals surface area contributed by atoms with Crippen molar-refractivity contribution in [2.75, 3.05) is 5.75 Å². The zero-order valence-corrected chi connectivity index (χ0v) is 14.2. The van der Waals surface area contributed by atoms with Gasteiger partial charge in [0.15, 0.2) is 10.9 Å². The number of carbonyl (C=O) groups excluding carboxylic acids is 1. The molecular weight excluding hydrogens is 339 g/mol. The number of Topliss-reactive ketones (excluding diaryl/α,β-unsaturated/α-hetero) is 1. The Morgan fingerprint density at radius 2 is 1.96 bits per heavy atom. The molecule has 1 N–H and O–H groups in total. The van der Waals surface area contributed by atoms with Crippen LogP contribution in [0.1, 0.15) is 21.6 Å². The topological polar surface area (TPSA) is 55.1 Å². The molecule has 25 heavy (non-hydrogen) atoms. The van der Waals surface area contributed by atoms with Crippen LogP contribution in [-0.4, -0.2) is 26.2 Å². The largest absolute Gasteiger partial charge is 0.390 e. The lowest BCUT2D eigenvalue weighted by molar-refractivity contribution is 0.102. The Balaban J connectivity index is 1.75. The molecule has 2 aromatic carbocycles. The van der Waals surface area contributed by atoms with Crippen molar-refractivity contribution < 1.29 is 14.3 Å². The Labute approximate surface area is 149 Å². The number of imidazole rings is 1. The normalized spacial score (nSPS) is 10.8. The van der Waals surface area contributed by atoms with Gasteiger partial charge in [-0.2, -0.15) is 0 Å². The van der Waals surface area contributed by atoms with E-state index in [1.165, 1.54) is 23.9 Å². The van der Waals surface area contributed by atoms with Gasteiger partial charge >= 0.3 is 0 Å². The summed E-state index contributed by atoms with van der Waals surface area (Å²) in [5.74, 6) is -0.0530. The van der Waals surface area contributed by atoms with Crippen LogP contribution >= 0.6 is 11.8 Å². The van der Waals surface area contributed by atoms with Crippen LogP contribution in [0.25, 0.3) is 0 Å². The standard InChI is InChI=1S/C19H17FN2O2S/c20-16-8-4-5-14(9-16)11-22-17(12-23)10-21-19(22)25-13-18(24)15-6-2-1-3-7-15/h1-10,23H,11-13H2. The van der Waals surface area contributed by atoms with Crippen molar-refractivity contribution in [2.45, 2.75) is 18.3 Å². The number of ketones is 1. The number of aliphatic hydroxyl groups is 1. The Morgan fingerprint density at radius 3 is 2.68 bits per heavy atom. The van der Waals surface area contributed by atoms with Gasteiger partial charge in [0.2, 0.25) is 0 Å². The predicted molar refractivity (Wildman–Crippen MR) is 95.1 cm³/mol. The molecule has 0 spiro atoms. The average Bonchev–Trinajstić information content (AvgIpc) is 3.02. The van der Waals surface area contributed by atoms with Crippen LogP contribution in [0, 0.1) is 5.82 Å². The second-order valence-electron chi connectivity index (χ2n) is 5.48. The third kappa shape index (κ3) is 4.35. The van der Waals surface area contributed by atoms with Crippen molar-refractivity contribution in [3.05, 3.63) is 83.4 Å². The minimum atomic E-state index is -0.309. The fourth-order valence-corrected chi connectivity index (χ4v) is 3.35. The lowest BCUT2D eigenvalue weighted by Gasteiger charge is -2.11. The molecule has 4 nitrogen and oxygen atoms in total. The molecule has 1 aromatic heterocycles. The smallest absolute Gasteiger partial charge is 0.173 e. The summed E-state index contributed by atoms with van der Waals surface area (Å²) >= 11 is 1.31. The first-order valence-corrected chi connectivity index (χ1v) is 8.76. The first-order valence-electron chi connectivity index (χ1n) is 7.78. The van der Waals surface area contributed by atoms with Crippen LogP contribution in [0.4, 0.5) is 4.39 Å². The predicted octanol–water partition coefficient (Wildman–Crippen LogP) is 3.54. The maximum Gasteiger partial charge on any atom is 0.173 e. The maximum absolute atomic E-state index is 13.4. The molecule has 0 unspecified atom stereocenters. The molecular formula is C19H17FN2O2S. The lowest BCUT2D eigenvalue weighted by atomic mass is 10.2. The molecule has 0 aliphatic heterocycles. The summed E-state index contributed by atoms with van der Waals surface area (Å²) in [5, 5.41) is 10.1. The number of nitrogens with zero attached hydrogens (tertiary/aromatic N) is 2. The molecule has 128 valence electrons. The van der Waals surface area contributed by atoms with E-state index in [1.54, 1.807) is 29.0 Å². The van der Waals surface area contributed by atoms with E-state index in [4.69, 9.17) is 0 Å². The van der Waals surface area contributed by atoms with E-state index in [0.29, 0.717) is 23.0 Å². The van der Waals surface area contributed by atoms with Crippen molar-refractivity contribution in [3.8, 4) is 0 Å². The Kier molecular flexibility index (Phi) is 5.63. The van der Waals surface area contributed by atoms with Crippen LogP contribution < -0.4 is 0 Å². The summed E-state index contributed by atoms with van der Waals surface area (Å²) in [4.78, 5) is 16.5. The highest BCUT2D eigenvalue weighted by Crippen LogP contribution is 2.22. The zero-order chi connectivity index (χ0) is 17.6. The van der Waals surface area contributed by atoms with Gasteiger partial charge in [0, 0.05) is 5.56 Å². The van der Waals surface area contributed by atoms with Crippen molar-refractivity contribution in [1.82, 2.24) is 9.55 Å². The fourth-order valence-electron chi connectivity index (χ4n) is 2.46. The molecule has 0 saturated heterocycles. The number of halogens is 1. The monoisotopic (exact) mass is 356 g/mol. The molecule has 0 fully saturated rings. The molecule has 3 rings (SSSR count). The molecule has 1 heterocycles. The molecule has 0 bridgehead atoms. The van der Waals surface area contributed by atoms with Gasteiger partial charge in [-0.15, -0.1) is 0 Å². The van der Waals surface area contributed by atoms with Crippen LogP contribution in [0.3, 0.4) is 0 Å². The summed E-state index contributed by atoms with van der Waals surface area (Å²) in [6.45, 7) is 0.213. The van der Waals surface area contributed by atoms with Gasteiger partial charge in [0.05, 0.1) is 30.8 Å². The summed E-state index contributed by atoms with van der Waals surface area (Å²) in [6, 6.07) is 15.4. The van der Waals surface area contributed by atoms with E-state index in [1.807, 2.05) is 24.3 Å².